The van der Waals surface area contributed by atoms with Gasteiger partial charge in [-0.2, -0.15) is 0 Å². The first-order valence-corrected chi connectivity index (χ1v) is 9.66. The Balaban J connectivity index is 2.08. The molecule has 2 atom stereocenters. The lowest BCUT2D eigenvalue weighted by Gasteiger charge is -2.25. The third kappa shape index (κ3) is 4.66. The second kappa shape index (κ2) is 8.48. The molecule has 0 aliphatic heterocycles. The zero-order chi connectivity index (χ0) is 23.8. The summed E-state index contributed by atoms with van der Waals surface area (Å²) in [6.45, 7) is 3.68. The molecule has 32 heavy (non-hydrogen) atoms. The number of nitrogens with one attached hydrogen (secondary N) is 2. The Kier molecular flexibility index (Phi) is 6.11. The molecule has 3 N–H and O–H groups in total. The minimum atomic E-state index is -1.98. The van der Waals surface area contributed by atoms with E-state index in [2.05, 4.69) is 15.3 Å². The monoisotopic (exact) mass is 450 g/mol. The predicted molar refractivity (Wildman–Crippen MR) is 110 cm³/mol. The van der Waals surface area contributed by atoms with Gasteiger partial charge in [-0.25, -0.2) is 22.5 Å². The summed E-state index contributed by atoms with van der Waals surface area (Å²) in [5, 5.41) is 12.2. The summed E-state index contributed by atoms with van der Waals surface area (Å²) in [4.78, 5) is 44.7. The molecular formula is C21H21F3N4O4. The zero-order valence-electron chi connectivity index (χ0n) is 17.4. The molecule has 0 saturated carbocycles. The number of hydrogen-bond donors (Lipinski definition) is 3. The number of amides is 1. The molecule has 3 rings (SSSR count). The molecular weight excluding hydrogens is 429 g/mol. The number of aromatic hydroxyl groups is 1. The van der Waals surface area contributed by atoms with Gasteiger partial charge in [-0.15, -0.1) is 0 Å². The number of aromatic nitrogens is 3. The van der Waals surface area contributed by atoms with Gasteiger partial charge in [0.1, 0.15) is 34.5 Å². The standard InChI is InChI=1S/C21H21F3N4O4/c1-10(17-12(23)7-11(22)9-25-17)26-18(30)14(8-21(2,3)24)28-19(31)16-13(27-20(28)32)5-4-6-15(16)29/h4-7,9-10,14,29H,8H2,1-3H3,(H,26,30)(H,27,32)/t10-,14?/m0/s1. The summed E-state index contributed by atoms with van der Waals surface area (Å²) < 4.78 is 42.2. The predicted octanol–water partition coefficient (Wildman–Crippen LogP) is 2.63. The lowest BCUT2D eigenvalue weighted by Crippen LogP contribution is -2.46. The Labute approximate surface area is 179 Å². The highest BCUT2D eigenvalue weighted by atomic mass is 19.1. The number of rotatable bonds is 6. The van der Waals surface area contributed by atoms with Gasteiger partial charge < -0.3 is 15.4 Å². The molecule has 0 aliphatic rings. The van der Waals surface area contributed by atoms with Gasteiger partial charge in [0.15, 0.2) is 0 Å². The zero-order valence-corrected chi connectivity index (χ0v) is 17.4. The number of pyridine rings is 1. The van der Waals surface area contributed by atoms with Crippen molar-refractivity contribution in [3.05, 3.63) is 68.6 Å². The number of halogens is 3. The smallest absolute Gasteiger partial charge is 0.329 e. The second-order valence-corrected chi connectivity index (χ2v) is 7.99. The highest BCUT2D eigenvalue weighted by Gasteiger charge is 2.33. The molecule has 2 aromatic heterocycles. The van der Waals surface area contributed by atoms with Crippen LogP contribution in [-0.2, 0) is 4.79 Å². The van der Waals surface area contributed by atoms with Crippen molar-refractivity contribution in [2.24, 2.45) is 0 Å². The van der Waals surface area contributed by atoms with E-state index in [4.69, 9.17) is 0 Å². The topological polar surface area (TPSA) is 117 Å². The van der Waals surface area contributed by atoms with E-state index in [0.29, 0.717) is 10.6 Å². The number of phenolic OH excluding ortho intramolecular Hbond substituents is 1. The average molecular weight is 450 g/mol. The molecule has 1 amide bonds. The molecule has 0 aliphatic carbocycles. The largest absolute Gasteiger partial charge is 0.507 e. The van der Waals surface area contributed by atoms with Crippen molar-refractivity contribution in [1.82, 2.24) is 19.9 Å². The summed E-state index contributed by atoms with van der Waals surface area (Å²) in [6.07, 6.45) is 0.192. The minimum Gasteiger partial charge on any atom is -0.507 e. The Morgan fingerprint density at radius 2 is 2.00 bits per heavy atom. The van der Waals surface area contributed by atoms with E-state index >= 15 is 0 Å². The number of aromatic amines is 1. The number of carbonyl (C=O) groups excluding carboxylic acids is 1. The number of alkyl halides is 1. The Morgan fingerprint density at radius 1 is 1.31 bits per heavy atom. The van der Waals surface area contributed by atoms with Crippen LogP contribution in [0.25, 0.3) is 10.9 Å². The van der Waals surface area contributed by atoms with E-state index in [1.165, 1.54) is 25.1 Å². The number of nitrogens with zero attached hydrogens (tertiary/aromatic N) is 2. The lowest BCUT2D eigenvalue weighted by molar-refractivity contribution is -0.126. The van der Waals surface area contributed by atoms with E-state index in [1.807, 2.05) is 0 Å². The van der Waals surface area contributed by atoms with Crippen LogP contribution >= 0.6 is 0 Å². The molecule has 2 heterocycles. The van der Waals surface area contributed by atoms with Crippen LogP contribution in [0.1, 0.15) is 45.0 Å². The third-order valence-electron chi connectivity index (χ3n) is 4.83. The normalized spacial score (nSPS) is 13.7. The number of carbonyl (C=O) groups is 1. The Hall–Kier alpha value is -3.63. The van der Waals surface area contributed by atoms with E-state index in [0.717, 1.165) is 20.0 Å². The first kappa shape index (κ1) is 23.0. The summed E-state index contributed by atoms with van der Waals surface area (Å²) in [7, 11) is 0. The first-order valence-electron chi connectivity index (χ1n) is 9.66. The van der Waals surface area contributed by atoms with Crippen molar-refractivity contribution < 1.29 is 23.1 Å². The lowest BCUT2D eigenvalue weighted by atomic mass is 9.99. The van der Waals surface area contributed by atoms with Crippen LogP contribution in [0.2, 0.25) is 0 Å². The molecule has 0 bridgehead atoms. The number of hydrogen-bond acceptors (Lipinski definition) is 5. The molecule has 11 heteroatoms. The van der Waals surface area contributed by atoms with Crippen molar-refractivity contribution >= 4 is 16.8 Å². The molecule has 0 saturated heterocycles. The summed E-state index contributed by atoms with van der Waals surface area (Å²) in [5.74, 6) is -3.31. The van der Waals surface area contributed by atoms with E-state index < -0.39 is 58.7 Å². The van der Waals surface area contributed by atoms with Gasteiger partial charge in [0.2, 0.25) is 5.91 Å². The summed E-state index contributed by atoms with van der Waals surface area (Å²) in [6, 6.07) is 1.90. The van der Waals surface area contributed by atoms with Crippen LogP contribution in [0.4, 0.5) is 13.2 Å². The molecule has 0 fully saturated rings. The maximum atomic E-state index is 14.5. The van der Waals surface area contributed by atoms with Crippen molar-refractivity contribution in [1.29, 1.82) is 0 Å². The highest BCUT2D eigenvalue weighted by molar-refractivity contribution is 5.85. The Morgan fingerprint density at radius 3 is 2.62 bits per heavy atom. The van der Waals surface area contributed by atoms with Gasteiger partial charge in [0.25, 0.3) is 5.56 Å². The van der Waals surface area contributed by atoms with Crippen molar-refractivity contribution in [2.75, 3.05) is 0 Å². The molecule has 0 radical (unpaired) electrons. The van der Waals surface area contributed by atoms with Gasteiger partial charge >= 0.3 is 5.69 Å². The summed E-state index contributed by atoms with van der Waals surface area (Å²) in [5.41, 5.74) is -4.21. The molecule has 1 unspecified atom stereocenters. The second-order valence-electron chi connectivity index (χ2n) is 7.99. The van der Waals surface area contributed by atoms with Gasteiger partial charge in [0.05, 0.1) is 23.4 Å². The fourth-order valence-corrected chi connectivity index (χ4v) is 3.42. The van der Waals surface area contributed by atoms with Gasteiger partial charge in [-0.1, -0.05) is 6.07 Å². The van der Waals surface area contributed by atoms with Crippen LogP contribution in [0, 0.1) is 11.6 Å². The Bertz CT molecular complexity index is 1300. The van der Waals surface area contributed by atoms with Gasteiger partial charge in [-0.05, 0) is 32.9 Å². The molecule has 8 nitrogen and oxygen atoms in total. The van der Waals surface area contributed by atoms with Crippen LogP contribution < -0.4 is 16.6 Å². The van der Waals surface area contributed by atoms with Crippen LogP contribution in [0.5, 0.6) is 5.75 Å². The maximum Gasteiger partial charge on any atom is 0.329 e. The third-order valence-corrected chi connectivity index (χ3v) is 4.83. The van der Waals surface area contributed by atoms with Crippen LogP contribution in [0.15, 0.2) is 40.1 Å². The van der Waals surface area contributed by atoms with Crippen molar-refractivity contribution in [3.63, 3.8) is 0 Å². The number of fused-ring (bicyclic) bond motifs is 1. The molecule has 3 aromatic rings. The number of benzene rings is 1. The van der Waals surface area contributed by atoms with Crippen molar-refractivity contribution in [2.45, 2.75) is 44.9 Å². The van der Waals surface area contributed by atoms with E-state index in [9.17, 15) is 32.7 Å². The van der Waals surface area contributed by atoms with Crippen molar-refractivity contribution in [3.8, 4) is 5.75 Å². The van der Waals surface area contributed by atoms with Gasteiger partial charge in [0, 0.05) is 12.5 Å². The summed E-state index contributed by atoms with van der Waals surface area (Å²) >= 11 is 0. The minimum absolute atomic E-state index is 0.0425. The molecule has 0 spiro atoms. The highest BCUT2D eigenvalue weighted by Crippen LogP contribution is 2.25. The number of phenols is 1. The quantitative estimate of drug-likeness (QED) is 0.534. The first-order chi connectivity index (χ1) is 14.9. The average Bonchev–Trinajstić information content (AvgIpc) is 2.65. The van der Waals surface area contributed by atoms with E-state index in [-0.39, 0.29) is 16.6 Å². The SMILES string of the molecule is C[C@H](NC(=O)C(CC(C)(C)F)n1c(=O)[nH]c2cccc(O)c2c1=O)c1ncc(F)cc1F. The van der Waals surface area contributed by atoms with Crippen LogP contribution in [0.3, 0.4) is 0 Å². The van der Waals surface area contributed by atoms with Crippen LogP contribution in [-0.4, -0.2) is 31.2 Å². The fourth-order valence-electron chi connectivity index (χ4n) is 3.42. The fraction of sp³-hybridized carbons (Fsp3) is 0.333. The maximum absolute atomic E-state index is 14.5. The molecule has 170 valence electrons. The van der Waals surface area contributed by atoms with E-state index in [1.54, 1.807) is 0 Å². The van der Waals surface area contributed by atoms with Gasteiger partial charge in [-0.3, -0.25) is 14.6 Å². The molecule has 1 aromatic carbocycles. The number of H-pyrrole nitrogens is 1.